The van der Waals surface area contributed by atoms with Gasteiger partial charge in [-0.25, -0.2) is 0 Å². The van der Waals surface area contributed by atoms with Crippen LogP contribution in [0.1, 0.15) is 22.9 Å². The average Bonchev–Trinajstić information content (AvgIpc) is 2.64. The van der Waals surface area contributed by atoms with Crippen LogP contribution in [0.4, 0.5) is 0 Å². The van der Waals surface area contributed by atoms with Gasteiger partial charge in [-0.2, -0.15) is 0 Å². The molecule has 0 saturated carbocycles. The molecule has 76 valence electrons. The van der Waals surface area contributed by atoms with Crippen molar-refractivity contribution in [2.75, 3.05) is 13.6 Å². The van der Waals surface area contributed by atoms with Crippen LogP contribution in [0.5, 0.6) is 0 Å². The summed E-state index contributed by atoms with van der Waals surface area (Å²) in [5, 5.41) is 12.6. The average molecular weight is 194 g/mol. The van der Waals surface area contributed by atoms with E-state index in [1.807, 2.05) is 13.1 Å². The molecular weight excluding hydrogens is 180 g/mol. The Balaban J connectivity index is 2.19. The first-order valence-corrected chi connectivity index (χ1v) is 4.69. The van der Waals surface area contributed by atoms with Crippen LogP contribution in [-0.2, 0) is 18.0 Å². The summed E-state index contributed by atoms with van der Waals surface area (Å²) in [4.78, 5) is 4.25. The van der Waals surface area contributed by atoms with Crippen molar-refractivity contribution in [1.29, 1.82) is 0 Å². The molecule has 1 atom stereocenters. The molecule has 4 nitrogen and oxygen atoms in total. The lowest BCUT2D eigenvalue weighted by molar-refractivity contribution is 0.133. The van der Waals surface area contributed by atoms with Crippen LogP contribution in [0.3, 0.4) is 0 Å². The number of nitrogens with zero attached hydrogens (tertiary/aromatic N) is 1. The van der Waals surface area contributed by atoms with Crippen LogP contribution >= 0.6 is 0 Å². The predicted octanol–water partition coefficient (Wildman–Crippen LogP) is 0.365. The Hall–Kier alpha value is -0.970. The van der Waals surface area contributed by atoms with Gasteiger partial charge >= 0.3 is 0 Å². The highest BCUT2D eigenvalue weighted by atomic mass is 16.5. The number of nitrogens with one attached hydrogen (secondary N) is 1. The molecule has 2 N–H and O–H groups in total. The van der Waals surface area contributed by atoms with Crippen molar-refractivity contribution in [3.8, 4) is 0 Å². The number of hydrogen-bond acceptors (Lipinski definition) is 4. The van der Waals surface area contributed by atoms with E-state index in [1.165, 1.54) is 0 Å². The van der Waals surface area contributed by atoms with E-state index in [1.54, 1.807) is 6.20 Å². The molecule has 1 aromatic rings. The topological polar surface area (TPSA) is 54.4 Å². The zero-order chi connectivity index (χ0) is 9.97. The number of aliphatic hydroxyl groups is 1. The number of aromatic nitrogens is 1. The third-order valence-electron chi connectivity index (χ3n) is 2.36. The maximum absolute atomic E-state index is 9.71. The number of rotatable bonds is 3. The second-order valence-electron chi connectivity index (χ2n) is 3.44. The SMILES string of the molecule is CNCC(O)c1cnc2c(c1)COC2. The molecule has 1 unspecified atom stereocenters. The third kappa shape index (κ3) is 1.77. The minimum absolute atomic E-state index is 0.488. The summed E-state index contributed by atoms with van der Waals surface area (Å²) in [6.07, 6.45) is 1.23. The van der Waals surface area contributed by atoms with Gasteiger partial charge in [-0.15, -0.1) is 0 Å². The van der Waals surface area contributed by atoms with Gasteiger partial charge in [0.1, 0.15) is 0 Å². The van der Waals surface area contributed by atoms with Crippen molar-refractivity contribution in [2.45, 2.75) is 19.3 Å². The second-order valence-corrected chi connectivity index (χ2v) is 3.44. The lowest BCUT2D eigenvalue weighted by Gasteiger charge is -2.10. The molecule has 0 aliphatic carbocycles. The molecule has 0 spiro atoms. The Morgan fingerprint density at radius 1 is 1.64 bits per heavy atom. The highest BCUT2D eigenvalue weighted by Crippen LogP contribution is 2.21. The summed E-state index contributed by atoms with van der Waals surface area (Å²) in [5.74, 6) is 0. The smallest absolute Gasteiger partial charge is 0.0929 e. The molecule has 4 heteroatoms. The zero-order valence-electron chi connectivity index (χ0n) is 8.16. The molecule has 1 aromatic heterocycles. The van der Waals surface area contributed by atoms with Crippen LogP contribution < -0.4 is 5.32 Å². The zero-order valence-corrected chi connectivity index (χ0v) is 8.16. The molecule has 0 amide bonds. The molecule has 2 rings (SSSR count). The van der Waals surface area contributed by atoms with Crippen molar-refractivity contribution in [3.05, 3.63) is 29.1 Å². The highest BCUT2D eigenvalue weighted by molar-refractivity contribution is 5.27. The molecule has 0 fully saturated rings. The molecule has 0 aromatic carbocycles. The molecule has 0 radical (unpaired) electrons. The summed E-state index contributed by atoms with van der Waals surface area (Å²) in [6, 6.07) is 1.97. The summed E-state index contributed by atoms with van der Waals surface area (Å²) in [7, 11) is 1.81. The maximum Gasteiger partial charge on any atom is 0.0929 e. The van der Waals surface area contributed by atoms with Crippen molar-refractivity contribution in [2.24, 2.45) is 0 Å². The van der Waals surface area contributed by atoms with E-state index in [0.29, 0.717) is 19.8 Å². The van der Waals surface area contributed by atoms with Gasteiger partial charge in [0.15, 0.2) is 0 Å². The van der Waals surface area contributed by atoms with E-state index < -0.39 is 6.10 Å². The fourth-order valence-electron chi connectivity index (χ4n) is 1.56. The Morgan fingerprint density at radius 3 is 3.29 bits per heavy atom. The van der Waals surface area contributed by atoms with Crippen molar-refractivity contribution in [1.82, 2.24) is 10.3 Å². The molecule has 2 heterocycles. The first-order valence-electron chi connectivity index (χ1n) is 4.69. The van der Waals surface area contributed by atoms with Crippen LogP contribution in [0.15, 0.2) is 12.3 Å². The summed E-state index contributed by atoms with van der Waals surface area (Å²) in [6.45, 7) is 1.75. The minimum atomic E-state index is -0.488. The van der Waals surface area contributed by atoms with Crippen molar-refractivity contribution in [3.63, 3.8) is 0 Å². The second kappa shape index (κ2) is 4.04. The number of likely N-dealkylation sites (N-methyl/N-ethyl adjacent to an activating group) is 1. The van der Waals surface area contributed by atoms with E-state index in [0.717, 1.165) is 16.8 Å². The van der Waals surface area contributed by atoms with Crippen molar-refractivity contribution < 1.29 is 9.84 Å². The molecular formula is C10H14N2O2. The van der Waals surface area contributed by atoms with Crippen LogP contribution in [0.25, 0.3) is 0 Å². The Kier molecular flexibility index (Phi) is 2.77. The Morgan fingerprint density at radius 2 is 2.50 bits per heavy atom. The van der Waals surface area contributed by atoms with Crippen LogP contribution in [0, 0.1) is 0 Å². The van der Waals surface area contributed by atoms with Gasteiger partial charge in [0.25, 0.3) is 0 Å². The van der Waals surface area contributed by atoms with Crippen LogP contribution in [-0.4, -0.2) is 23.7 Å². The molecule has 0 saturated heterocycles. The Labute approximate surface area is 82.9 Å². The number of fused-ring (bicyclic) bond motifs is 1. The largest absolute Gasteiger partial charge is 0.387 e. The fraction of sp³-hybridized carbons (Fsp3) is 0.500. The molecule has 0 bridgehead atoms. The van der Waals surface area contributed by atoms with Crippen molar-refractivity contribution >= 4 is 0 Å². The molecule has 14 heavy (non-hydrogen) atoms. The van der Waals surface area contributed by atoms with Gasteiger partial charge in [0.2, 0.25) is 0 Å². The number of ether oxygens (including phenoxy) is 1. The van der Waals surface area contributed by atoms with Gasteiger partial charge in [-0.1, -0.05) is 0 Å². The van der Waals surface area contributed by atoms with Gasteiger partial charge in [-0.3, -0.25) is 4.98 Å². The quantitative estimate of drug-likeness (QED) is 0.729. The summed E-state index contributed by atoms with van der Waals surface area (Å²) < 4.78 is 5.25. The third-order valence-corrected chi connectivity index (χ3v) is 2.36. The van der Waals surface area contributed by atoms with Gasteiger partial charge in [0.05, 0.1) is 25.0 Å². The maximum atomic E-state index is 9.71. The number of aliphatic hydroxyl groups excluding tert-OH is 1. The van der Waals surface area contributed by atoms with Gasteiger partial charge in [-0.05, 0) is 13.1 Å². The van der Waals surface area contributed by atoms with Gasteiger partial charge < -0.3 is 15.2 Å². The van der Waals surface area contributed by atoms with Gasteiger partial charge in [0, 0.05) is 23.9 Å². The van der Waals surface area contributed by atoms with E-state index in [-0.39, 0.29) is 0 Å². The fourth-order valence-corrected chi connectivity index (χ4v) is 1.56. The number of pyridine rings is 1. The van der Waals surface area contributed by atoms with E-state index in [2.05, 4.69) is 10.3 Å². The first-order chi connectivity index (χ1) is 6.81. The lowest BCUT2D eigenvalue weighted by atomic mass is 10.1. The highest BCUT2D eigenvalue weighted by Gasteiger charge is 2.15. The Bertz CT molecular complexity index is 328. The van der Waals surface area contributed by atoms with E-state index >= 15 is 0 Å². The summed E-state index contributed by atoms with van der Waals surface area (Å²) >= 11 is 0. The monoisotopic (exact) mass is 194 g/mol. The number of hydrogen-bond donors (Lipinski definition) is 2. The summed E-state index contributed by atoms with van der Waals surface area (Å²) in [5.41, 5.74) is 2.94. The standard InChI is InChI=1S/C10H14N2O2/c1-11-4-10(13)7-2-8-5-14-6-9(8)12-3-7/h2-3,10-11,13H,4-6H2,1H3. The predicted molar refractivity (Wildman–Crippen MR) is 51.6 cm³/mol. The lowest BCUT2D eigenvalue weighted by Crippen LogP contribution is -2.17. The first kappa shape index (κ1) is 9.58. The molecule has 1 aliphatic heterocycles. The minimum Gasteiger partial charge on any atom is -0.387 e. The van der Waals surface area contributed by atoms with E-state index in [9.17, 15) is 5.11 Å². The molecule has 1 aliphatic rings. The normalized spacial score (nSPS) is 16.7. The van der Waals surface area contributed by atoms with E-state index in [4.69, 9.17) is 4.74 Å². The van der Waals surface area contributed by atoms with Crippen LogP contribution in [0.2, 0.25) is 0 Å².